The van der Waals surface area contributed by atoms with Crippen molar-refractivity contribution in [2.45, 2.75) is 26.3 Å². The van der Waals surface area contributed by atoms with Crippen LogP contribution in [0.1, 0.15) is 41.3 Å². The number of nitrogens with zero attached hydrogens (tertiary/aromatic N) is 1. The molecule has 0 saturated carbocycles. The summed E-state index contributed by atoms with van der Waals surface area (Å²) in [6, 6.07) is 13.8. The van der Waals surface area contributed by atoms with Gasteiger partial charge in [-0.25, -0.2) is 9.37 Å². The molecule has 1 amide bonds. The lowest BCUT2D eigenvalue weighted by Crippen LogP contribution is -2.29. The van der Waals surface area contributed by atoms with E-state index in [1.54, 1.807) is 13.1 Å². The molecule has 0 radical (unpaired) electrons. The van der Waals surface area contributed by atoms with Crippen LogP contribution in [0.4, 0.5) is 4.39 Å². The van der Waals surface area contributed by atoms with E-state index < -0.39 is 0 Å². The highest BCUT2D eigenvalue weighted by Gasteiger charge is 2.22. The first-order valence-electron chi connectivity index (χ1n) is 9.16. The lowest BCUT2D eigenvalue weighted by atomic mass is 10.1. The summed E-state index contributed by atoms with van der Waals surface area (Å²) in [6.45, 7) is 3.72. The number of benzene rings is 2. The predicted octanol–water partition coefficient (Wildman–Crippen LogP) is 5.15. The largest absolute Gasteiger partial charge is 0.451 e. The van der Waals surface area contributed by atoms with E-state index in [9.17, 15) is 9.18 Å². The summed E-state index contributed by atoms with van der Waals surface area (Å²) in [4.78, 5) is 20.5. The van der Waals surface area contributed by atoms with Gasteiger partial charge >= 0.3 is 0 Å². The molecule has 4 rings (SSSR count). The van der Waals surface area contributed by atoms with Gasteiger partial charge in [-0.15, -0.1) is 0 Å². The molecular weight excluding hydrogens is 357 g/mol. The van der Waals surface area contributed by atoms with Gasteiger partial charge in [0.25, 0.3) is 5.91 Å². The molecule has 4 aromatic rings. The molecule has 1 atom stereocenters. The smallest absolute Gasteiger partial charge is 0.287 e. The average molecular weight is 377 g/mol. The van der Waals surface area contributed by atoms with E-state index in [2.05, 4.69) is 15.3 Å². The molecule has 2 aromatic heterocycles. The molecule has 2 N–H and O–H groups in total. The molecule has 2 heterocycles. The maximum absolute atomic E-state index is 13.5. The van der Waals surface area contributed by atoms with Crippen molar-refractivity contribution >= 4 is 16.9 Å². The van der Waals surface area contributed by atoms with Crippen molar-refractivity contribution in [3.63, 3.8) is 0 Å². The van der Waals surface area contributed by atoms with Gasteiger partial charge in [-0.1, -0.05) is 37.3 Å². The van der Waals surface area contributed by atoms with Crippen molar-refractivity contribution in [3.8, 4) is 11.3 Å². The Balaban J connectivity index is 1.58. The molecule has 28 heavy (non-hydrogen) atoms. The number of fused-ring (bicyclic) bond motifs is 1. The number of carbonyl (C=O) groups excluding carboxylic acids is 1. The summed E-state index contributed by atoms with van der Waals surface area (Å²) in [7, 11) is 0. The Morgan fingerprint density at radius 2 is 2.04 bits per heavy atom. The quantitative estimate of drug-likeness (QED) is 0.505. The summed E-state index contributed by atoms with van der Waals surface area (Å²) in [6.07, 6.45) is 2.41. The number of hydrogen-bond acceptors (Lipinski definition) is 3. The van der Waals surface area contributed by atoms with Crippen LogP contribution in [0.2, 0.25) is 0 Å². The van der Waals surface area contributed by atoms with Crippen LogP contribution in [0.15, 0.2) is 59.1 Å². The zero-order chi connectivity index (χ0) is 19.7. The molecule has 0 aliphatic heterocycles. The van der Waals surface area contributed by atoms with Crippen LogP contribution < -0.4 is 5.32 Å². The van der Waals surface area contributed by atoms with Gasteiger partial charge in [0.15, 0.2) is 5.76 Å². The van der Waals surface area contributed by atoms with E-state index in [0.717, 1.165) is 11.3 Å². The number of carbonyl (C=O) groups is 1. The van der Waals surface area contributed by atoms with Gasteiger partial charge in [0, 0.05) is 10.9 Å². The standard InChI is InChI=1S/C22H20FN3O2/c1-3-17(21-24-12-18(25-21)14-7-5-4-6-8-14)26-22(27)20-13(2)16-11-15(23)9-10-19(16)28-20/h4-12,17H,3H2,1-2H3,(H,24,25)(H,26,27). The molecule has 0 aliphatic rings. The summed E-state index contributed by atoms with van der Waals surface area (Å²) in [5.74, 6) is 0.154. The number of rotatable bonds is 5. The average Bonchev–Trinajstić information content (AvgIpc) is 3.32. The first kappa shape index (κ1) is 18.0. The van der Waals surface area contributed by atoms with Crippen molar-refractivity contribution in [1.82, 2.24) is 15.3 Å². The van der Waals surface area contributed by atoms with Crippen LogP contribution in [0.25, 0.3) is 22.2 Å². The van der Waals surface area contributed by atoms with E-state index in [4.69, 9.17) is 4.42 Å². The number of aromatic amines is 1. The summed E-state index contributed by atoms with van der Waals surface area (Å²) >= 11 is 0. The summed E-state index contributed by atoms with van der Waals surface area (Å²) in [5.41, 5.74) is 3.02. The van der Waals surface area contributed by atoms with E-state index >= 15 is 0 Å². The highest BCUT2D eigenvalue weighted by Crippen LogP contribution is 2.27. The molecule has 2 aromatic carbocycles. The molecular formula is C22H20FN3O2. The molecule has 0 spiro atoms. The van der Waals surface area contributed by atoms with Gasteiger partial charge in [0.05, 0.1) is 17.9 Å². The first-order chi connectivity index (χ1) is 13.6. The van der Waals surface area contributed by atoms with Crippen LogP contribution >= 0.6 is 0 Å². The fourth-order valence-electron chi connectivity index (χ4n) is 3.28. The zero-order valence-electron chi connectivity index (χ0n) is 15.6. The van der Waals surface area contributed by atoms with Crippen LogP contribution in [0, 0.1) is 12.7 Å². The van der Waals surface area contributed by atoms with E-state index in [-0.39, 0.29) is 23.5 Å². The van der Waals surface area contributed by atoms with Crippen molar-refractivity contribution in [1.29, 1.82) is 0 Å². The number of H-pyrrole nitrogens is 1. The number of aryl methyl sites for hydroxylation is 1. The second-order valence-electron chi connectivity index (χ2n) is 6.68. The van der Waals surface area contributed by atoms with Gasteiger partial charge in [-0.2, -0.15) is 0 Å². The number of nitrogens with one attached hydrogen (secondary N) is 2. The van der Waals surface area contributed by atoms with Crippen LogP contribution in [0.5, 0.6) is 0 Å². The Bertz CT molecular complexity index is 1130. The Morgan fingerprint density at radius 1 is 1.25 bits per heavy atom. The number of imidazole rings is 1. The first-order valence-corrected chi connectivity index (χ1v) is 9.16. The second-order valence-corrected chi connectivity index (χ2v) is 6.68. The van der Waals surface area contributed by atoms with Crippen LogP contribution in [-0.4, -0.2) is 15.9 Å². The highest BCUT2D eigenvalue weighted by atomic mass is 19.1. The third-order valence-corrected chi connectivity index (χ3v) is 4.83. The van der Waals surface area contributed by atoms with E-state index in [0.29, 0.717) is 28.8 Å². The van der Waals surface area contributed by atoms with Gasteiger partial charge in [0.2, 0.25) is 0 Å². The van der Waals surface area contributed by atoms with Crippen LogP contribution in [0.3, 0.4) is 0 Å². The number of amides is 1. The van der Waals surface area contributed by atoms with Crippen molar-refractivity contribution in [2.24, 2.45) is 0 Å². The lowest BCUT2D eigenvalue weighted by Gasteiger charge is -2.14. The number of halogens is 1. The minimum absolute atomic E-state index is 0.189. The fourth-order valence-corrected chi connectivity index (χ4v) is 3.28. The summed E-state index contributed by atoms with van der Waals surface area (Å²) in [5, 5.41) is 3.56. The monoisotopic (exact) mass is 377 g/mol. The number of aromatic nitrogens is 2. The van der Waals surface area contributed by atoms with Gasteiger partial charge in [-0.3, -0.25) is 4.79 Å². The number of hydrogen-bond donors (Lipinski definition) is 2. The molecule has 0 aliphatic carbocycles. The number of furan rings is 1. The Kier molecular flexibility index (Phi) is 4.69. The van der Waals surface area contributed by atoms with Gasteiger partial charge < -0.3 is 14.7 Å². The van der Waals surface area contributed by atoms with Crippen molar-refractivity contribution in [3.05, 3.63) is 77.7 Å². The molecule has 0 saturated heterocycles. The SMILES string of the molecule is CCC(NC(=O)c1oc2ccc(F)cc2c1C)c1ncc(-c2ccccc2)[nH]1. The molecule has 142 valence electrons. The topological polar surface area (TPSA) is 70.9 Å². The normalized spacial score (nSPS) is 12.2. The van der Waals surface area contributed by atoms with Crippen molar-refractivity contribution in [2.75, 3.05) is 0 Å². The second kappa shape index (κ2) is 7.31. The maximum Gasteiger partial charge on any atom is 0.287 e. The third kappa shape index (κ3) is 3.29. The minimum Gasteiger partial charge on any atom is -0.451 e. The fraction of sp³-hybridized carbons (Fsp3) is 0.182. The Hall–Kier alpha value is -3.41. The van der Waals surface area contributed by atoms with Crippen LogP contribution in [-0.2, 0) is 0 Å². The zero-order valence-corrected chi connectivity index (χ0v) is 15.6. The molecule has 5 nitrogen and oxygen atoms in total. The Morgan fingerprint density at radius 3 is 2.79 bits per heavy atom. The van der Waals surface area contributed by atoms with E-state index in [1.165, 1.54) is 18.2 Å². The Labute approximate surface area is 161 Å². The molecule has 0 bridgehead atoms. The maximum atomic E-state index is 13.5. The third-order valence-electron chi connectivity index (χ3n) is 4.83. The molecule has 1 unspecified atom stereocenters. The molecule has 6 heteroatoms. The van der Waals surface area contributed by atoms with Gasteiger partial charge in [0.1, 0.15) is 17.2 Å². The van der Waals surface area contributed by atoms with E-state index in [1.807, 2.05) is 37.3 Å². The predicted molar refractivity (Wildman–Crippen MR) is 105 cm³/mol. The minimum atomic E-state index is -0.362. The molecule has 0 fully saturated rings. The summed E-state index contributed by atoms with van der Waals surface area (Å²) < 4.78 is 19.2. The lowest BCUT2D eigenvalue weighted by molar-refractivity contribution is 0.0907. The van der Waals surface area contributed by atoms with Gasteiger partial charge in [-0.05, 0) is 37.1 Å². The highest BCUT2D eigenvalue weighted by molar-refractivity contribution is 5.99. The van der Waals surface area contributed by atoms with Crippen molar-refractivity contribution < 1.29 is 13.6 Å².